The summed E-state index contributed by atoms with van der Waals surface area (Å²) >= 11 is 6.12. The third kappa shape index (κ3) is 3.74. The maximum atomic E-state index is 13.7. The molecule has 0 aliphatic rings. The highest BCUT2D eigenvalue weighted by molar-refractivity contribution is 7.90. The average Bonchev–Trinajstić information content (AvgIpc) is 3.12. The molecule has 0 aliphatic carbocycles. The van der Waals surface area contributed by atoms with Crippen molar-refractivity contribution in [2.45, 2.75) is 24.7 Å². The van der Waals surface area contributed by atoms with Gasteiger partial charge in [-0.3, -0.25) is 0 Å². The standard InChI is InChI=1S/C24H20ClNO5S/c1-14(2)15-3-7-19(8-4-15)32(30,31)26-21-10-6-18(25)11-17(21)12-22(26)16-5-9-20(24(28)29)23(27)13-16/h3-14,27H,1-2H3,(H,28,29). The Kier molecular flexibility index (Phi) is 5.48. The number of carbonyl (C=O) groups is 1. The van der Waals surface area contributed by atoms with Gasteiger partial charge in [0.05, 0.1) is 16.1 Å². The van der Waals surface area contributed by atoms with Crippen molar-refractivity contribution >= 4 is 38.5 Å². The van der Waals surface area contributed by atoms with Crippen LogP contribution in [0.4, 0.5) is 0 Å². The summed E-state index contributed by atoms with van der Waals surface area (Å²) in [5.74, 6) is -1.48. The van der Waals surface area contributed by atoms with Gasteiger partial charge in [0.2, 0.25) is 0 Å². The lowest BCUT2D eigenvalue weighted by Gasteiger charge is -2.14. The molecule has 3 aromatic carbocycles. The molecule has 0 fully saturated rings. The Balaban J connectivity index is 1.98. The number of aromatic carboxylic acids is 1. The van der Waals surface area contributed by atoms with E-state index in [4.69, 9.17) is 11.6 Å². The van der Waals surface area contributed by atoms with E-state index in [2.05, 4.69) is 0 Å². The molecule has 0 saturated heterocycles. The minimum absolute atomic E-state index is 0.113. The number of aromatic hydroxyl groups is 1. The number of fused-ring (bicyclic) bond motifs is 1. The average molecular weight is 470 g/mol. The smallest absolute Gasteiger partial charge is 0.339 e. The van der Waals surface area contributed by atoms with Crippen LogP contribution in [0.5, 0.6) is 5.75 Å². The Morgan fingerprint density at radius 2 is 1.66 bits per heavy atom. The van der Waals surface area contributed by atoms with Crippen molar-refractivity contribution in [3.05, 3.63) is 82.9 Å². The van der Waals surface area contributed by atoms with Gasteiger partial charge in [-0.25, -0.2) is 17.2 Å². The zero-order chi connectivity index (χ0) is 23.2. The number of aromatic nitrogens is 1. The summed E-state index contributed by atoms with van der Waals surface area (Å²) in [6.45, 7) is 4.05. The fourth-order valence-electron chi connectivity index (χ4n) is 3.62. The molecule has 0 spiro atoms. The maximum absolute atomic E-state index is 13.7. The zero-order valence-corrected chi connectivity index (χ0v) is 18.9. The maximum Gasteiger partial charge on any atom is 0.339 e. The van der Waals surface area contributed by atoms with Crippen molar-refractivity contribution < 1.29 is 23.4 Å². The fraction of sp³-hybridized carbons (Fsp3) is 0.125. The third-order valence-electron chi connectivity index (χ3n) is 5.33. The normalized spacial score (nSPS) is 11.9. The molecule has 0 atom stereocenters. The third-order valence-corrected chi connectivity index (χ3v) is 7.31. The number of halogens is 1. The second-order valence-electron chi connectivity index (χ2n) is 7.76. The second-order valence-corrected chi connectivity index (χ2v) is 9.99. The molecule has 0 amide bonds. The van der Waals surface area contributed by atoms with E-state index in [1.165, 1.54) is 22.2 Å². The number of carboxylic acid groups (broad SMARTS) is 1. The molecule has 0 bridgehead atoms. The van der Waals surface area contributed by atoms with Crippen LogP contribution in [0.3, 0.4) is 0 Å². The number of rotatable bonds is 5. The molecule has 6 nitrogen and oxygen atoms in total. The van der Waals surface area contributed by atoms with E-state index in [9.17, 15) is 23.4 Å². The van der Waals surface area contributed by atoms with Crippen LogP contribution < -0.4 is 0 Å². The van der Waals surface area contributed by atoms with E-state index in [1.54, 1.807) is 48.5 Å². The van der Waals surface area contributed by atoms with E-state index in [0.29, 0.717) is 21.5 Å². The first-order valence-electron chi connectivity index (χ1n) is 9.83. The Bertz CT molecular complexity index is 1450. The van der Waals surface area contributed by atoms with Crippen LogP contribution in [-0.4, -0.2) is 28.6 Å². The number of nitrogens with zero attached hydrogens (tertiary/aromatic N) is 1. The van der Waals surface area contributed by atoms with Crippen LogP contribution in [0.25, 0.3) is 22.2 Å². The van der Waals surface area contributed by atoms with E-state index < -0.39 is 21.7 Å². The summed E-state index contributed by atoms with van der Waals surface area (Å²) < 4.78 is 28.6. The fourth-order valence-corrected chi connectivity index (χ4v) is 5.34. The van der Waals surface area contributed by atoms with Crippen LogP contribution in [0.15, 0.2) is 71.6 Å². The first kappa shape index (κ1) is 21.9. The van der Waals surface area contributed by atoms with Gasteiger partial charge in [0.25, 0.3) is 10.0 Å². The molecule has 8 heteroatoms. The van der Waals surface area contributed by atoms with Crippen molar-refractivity contribution in [2.24, 2.45) is 0 Å². The molecule has 0 aliphatic heterocycles. The predicted octanol–water partition coefficient (Wildman–Crippen LogP) is 5.73. The summed E-state index contributed by atoms with van der Waals surface area (Å²) in [4.78, 5) is 11.4. The highest BCUT2D eigenvalue weighted by atomic mass is 35.5. The van der Waals surface area contributed by atoms with Gasteiger partial charge >= 0.3 is 5.97 Å². The molecule has 4 rings (SSSR count). The Labute approximate surface area is 190 Å². The van der Waals surface area contributed by atoms with E-state index in [1.807, 2.05) is 13.8 Å². The van der Waals surface area contributed by atoms with Gasteiger partial charge in [-0.15, -0.1) is 0 Å². The summed E-state index contributed by atoms with van der Waals surface area (Å²) in [5, 5.41) is 20.4. The van der Waals surface area contributed by atoms with Gasteiger partial charge in [-0.05, 0) is 60.0 Å². The van der Waals surface area contributed by atoms with Gasteiger partial charge in [-0.1, -0.05) is 43.6 Å². The van der Waals surface area contributed by atoms with Crippen LogP contribution in [0, 0.1) is 0 Å². The Morgan fingerprint density at radius 1 is 0.969 bits per heavy atom. The monoisotopic (exact) mass is 469 g/mol. The molecule has 2 N–H and O–H groups in total. The van der Waals surface area contributed by atoms with Gasteiger partial charge in [0, 0.05) is 16.0 Å². The largest absolute Gasteiger partial charge is 0.507 e. The molecule has 0 radical (unpaired) electrons. The van der Waals surface area contributed by atoms with E-state index >= 15 is 0 Å². The van der Waals surface area contributed by atoms with Crippen LogP contribution in [0.2, 0.25) is 5.02 Å². The highest BCUT2D eigenvalue weighted by Crippen LogP contribution is 2.35. The van der Waals surface area contributed by atoms with Crippen LogP contribution in [0.1, 0.15) is 35.7 Å². The molecule has 32 heavy (non-hydrogen) atoms. The summed E-state index contributed by atoms with van der Waals surface area (Å²) in [5.41, 5.74) is 1.79. The van der Waals surface area contributed by atoms with Crippen molar-refractivity contribution in [2.75, 3.05) is 0 Å². The first-order valence-corrected chi connectivity index (χ1v) is 11.6. The van der Waals surface area contributed by atoms with Crippen molar-refractivity contribution in [3.8, 4) is 17.0 Å². The SMILES string of the molecule is CC(C)c1ccc(S(=O)(=O)n2c(-c3ccc(C(=O)O)c(O)c3)cc3cc(Cl)ccc32)cc1. The molecule has 4 aromatic rings. The highest BCUT2D eigenvalue weighted by Gasteiger charge is 2.25. The van der Waals surface area contributed by atoms with Crippen LogP contribution >= 0.6 is 11.6 Å². The lowest BCUT2D eigenvalue weighted by molar-refractivity contribution is 0.0693. The van der Waals surface area contributed by atoms with Gasteiger partial charge in [0.1, 0.15) is 11.3 Å². The summed E-state index contributed by atoms with van der Waals surface area (Å²) in [7, 11) is -4.02. The molecule has 1 aromatic heterocycles. The number of carboxylic acids is 1. The van der Waals surface area contributed by atoms with Gasteiger partial charge < -0.3 is 10.2 Å². The van der Waals surface area contributed by atoms with Gasteiger partial charge in [-0.2, -0.15) is 0 Å². The van der Waals surface area contributed by atoms with E-state index in [0.717, 1.165) is 5.56 Å². The second kappa shape index (κ2) is 8.00. The van der Waals surface area contributed by atoms with Crippen LogP contribution in [-0.2, 0) is 10.0 Å². The number of hydrogen-bond acceptors (Lipinski definition) is 4. The molecular formula is C24H20ClNO5S. The summed E-state index contributed by atoms with van der Waals surface area (Å²) in [6.07, 6.45) is 0. The lowest BCUT2D eigenvalue weighted by atomic mass is 10.0. The lowest BCUT2D eigenvalue weighted by Crippen LogP contribution is -2.14. The van der Waals surface area contributed by atoms with Gasteiger partial charge in [0.15, 0.2) is 0 Å². The van der Waals surface area contributed by atoms with E-state index in [-0.39, 0.29) is 22.1 Å². The molecular weight excluding hydrogens is 450 g/mol. The van der Waals surface area contributed by atoms with Crippen molar-refractivity contribution in [1.82, 2.24) is 3.97 Å². The first-order chi connectivity index (χ1) is 15.1. The minimum atomic E-state index is -4.02. The number of benzene rings is 3. The Hall–Kier alpha value is -3.29. The number of hydrogen-bond donors (Lipinski definition) is 2. The molecule has 0 saturated carbocycles. The topological polar surface area (TPSA) is 96.6 Å². The Morgan fingerprint density at radius 3 is 2.25 bits per heavy atom. The molecule has 0 unspecified atom stereocenters. The van der Waals surface area contributed by atoms with Crippen molar-refractivity contribution in [1.29, 1.82) is 0 Å². The quantitative estimate of drug-likeness (QED) is 0.389. The molecule has 164 valence electrons. The molecule has 1 heterocycles. The summed E-state index contributed by atoms with van der Waals surface area (Å²) in [6, 6.07) is 17.2. The number of phenols is 1. The minimum Gasteiger partial charge on any atom is -0.507 e. The predicted molar refractivity (Wildman–Crippen MR) is 124 cm³/mol. The zero-order valence-electron chi connectivity index (χ0n) is 17.3. The van der Waals surface area contributed by atoms with Crippen molar-refractivity contribution in [3.63, 3.8) is 0 Å².